The van der Waals surface area contributed by atoms with Crippen molar-refractivity contribution in [2.45, 2.75) is 24.8 Å². The van der Waals surface area contributed by atoms with Gasteiger partial charge in [0, 0.05) is 6.08 Å². The SMILES string of the molecule is CCOC(=O)/C=C/c1ccc(OS(=O)(=O)C(F)(F)F)c(C(F)(F)F)c1C(F)(F)F. The molecule has 1 rings (SSSR count). The molecule has 0 radical (unpaired) electrons. The van der Waals surface area contributed by atoms with Crippen LogP contribution in [-0.4, -0.2) is 26.5 Å². The second-order valence-electron chi connectivity index (χ2n) is 4.97. The van der Waals surface area contributed by atoms with Crippen molar-refractivity contribution in [2.75, 3.05) is 6.61 Å². The molecule has 164 valence electrons. The number of halogens is 9. The summed E-state index contributed by atoms with van der Waals surface area (Å²) >= 11 is 0. The molecule has 0 aliphatic rings. The Balaban J connectivity index is 3.78. The molecular weight excluding hydrogens is 451 g/mol. The molecule has 0 amide bonds. The van der Waals surface area contributed by atoms with E-state index >= 15 is 0 Å². The Bertz CT molecular complexity index is 896. The van der Waals surface area contributed by atoms with Crippen LogP contribution in [0.1, 0.15) is 23.6 Å². The van der Waals surface area contributed by atoms with Gasteiger partial charge in [-0.3, -0.25) is 0 Å². The van der Waals surface area contributed by atoms with Crippen LogP contribution in [0.2, 0.25) is 0 Å². The van der Waals surface area contributed by atoms with Gasteiger partial charge in [-0.25, -0.2) is 4.79 Å². The number of rotatable bonds is 5. The molecule has 29 heavy (non-hydrogen) atoms. The third-order valence-corrected chi connectivity index (χ3v) is 3.90. The number of hydrogen-bond acceptors (Lipinski definition) is 5. The average Bonchev–Trinajstić information content (AvgIpc) is 2.50. The molecule has 0 heterocycles. The van der Waals surface area contributed by atoms with Crippen molar-refractivity contribution in [3.63, 3.8) is 0 Å². The highest BCUT2D eigenvalue weighted by Gasteiger charge is 2.52. The molecule has 0 unspecified atom stereocenters. The smallest absolute Gasteiger partial charge is 0.463 e. The molecule has 0 N–H and O–H groups in total. The lowest BCUT2D eigenvalue weighted by molar-refractivity contribution is -0.162. The maximum atomic E-state index is 13.3. The summed E-state index contributed by atoms with van der Waals surface area (Å²) in [4.78, 5) is 11.2. The Hall–Kier alpha value is -2.45. The van der Waals surface area contributed by atoms with Gasteiger partial charge in [0.2, 0.25) is 0 Å². The van der Waals surface area contributed by atoms with Crippen LogP contribution < -0.4 is 4.18 Å². The summed E-state index contributed by atoms with van der Waals surface area (Å²) in [6, 6.07) is 0.154. The van der Waals surface area contributed by atoms with E-state index in [9.17, 15) is 52.7 Å². The molecular formula is C14H9F9O5S. The van der Waals surface area contributed by atoms with Crippen LogP contribution in [0.4, 0.5) is 39.5 Å². The quantitative estimate of drug-likeness (QED) is 0.212. The van der Waals surface area contributed by atoms with E-state index in [2.05, 4.69) is 8.92 Å². The highest BCUT2D eigenvalue weighted by Crippen LogP contribution is 2.47. The molecule has 0 bridgehead atoms. The Morgan fingerprint density at radius 3 is 1.90 bits per heavy atom. The van der Waals surface area contributed by atoms with E-state index in [-0.39, 0.29) is 24.8 Å². The maximum Gasteiger partial charge on any atom is 0.534 e. The molecule has 1 aromatic rings. The zero-order valence-corrected chi connectivity index (χ0v) is 14.7. The molecule has 0 fully saturated rings. The molecule has 0 saturated heterocycles. The largest absolute Gasteiger partial charge is 0.534 e. The first-order valence-corrected chi connectivity index (χ1v) is 8.49. The van der Waals surface area contributed by atoms with Gasteiger partial charge in [0.15, 0.2) is 5.75 Å². The standard InChI is InChI=1S/C14H9F9O5S/c1-2-27-9(24)6-4-7-3-5-8(28-29(25,26)14(21,22)23)11(13(18,19)20)10(7)12(15,16)17/h3-6H,2H2,1H3/b6-4+. The minimum absolute atomic E-state index is 0.0494. The van der Waals surface area contributed by atoms with Crippen molar-refractivity contribution in [1.82, 2.24) is 0 Å². The number of esters is 1. The summed E-state index contributed by atoms with van der Waals surface area (Å²) in [5.41, 5.74) is -12.9. The number of ether oxygens (including phenoxy) is 1. The molecule has 0 atom stereocenters. The molecule has 15 heteroatoms. The van der Waals surface area contributed by atoms with Crippen molar-refractivity contribution >= 4 is 22.2 Å². The minimum atomic E-state index is -6.70. The summed E-state index contributed by atoms with van der Waals surface area (Å²) in [5.74, 6) is -3.45. The maximum absolute atomic E-state index is 13.3. The van der Waals surface area contributed by atoms with Gasteiger partial charge >= 0.3 is 33.9 Å². The minimum Gasteiger partial charge on any atom is -0.463 e. The average molecular weight is 460 g/mol. The monoisotopic (exact) mass is 460 g/mol. The van der Waals surface area contributed by atoms with Gasteiger partial charge < -0.3 is 8.92 Å². The van der Waals surface area contributed by atoms with E-state index in [0.29, 0.717) is 6.08 Å². The van der Waals surface area contributed by atoms with Crippen LogP contribution in [0.15, 0.2) is 18.2 Å². The van der Waals surface area contributed by atoms with Crippen LogP contribution in [0.5, 0.6) is 5.75 Å². The van der Waals surface area contributed by atoms with Crippen LogP contribution in [0.3, 0.4) is 0 Å². The highest BCUT2D eigenvalue weighted by molar-refractivity contribution is 7.88. The topological polar surface area (TPSA) is 69.7 Å². The second kappa shape index (κ2) is 8.12. The summed E-state index contributed by atoms with van der Waals surface area (Å²) in [5, 5.41) is 0. The fourth-order valence-corrected chi connectivity index (χ4v) is 2.38. The van der Waals surface area contributed by atoms with E-state index in [1.807, 2.05) is 0 Å². The number of benzene rings is 1. The van der Waals surface area contributed by atoms with Crippen LogP contribution in [0.25, 0.3) is 6.08 Å². The Morgan fingerprint density at radius 1 is 0.966 bits per heavy atom. The van der Waals surface area contributed by atoms with Gasteiger partial charge in [-0.1, -0.05) is 6.07 Å². The molecule has 0 spiro atoms. The first-order valence-electron chi connectivity index (χ1n) is 7.08. The number of alkyl halides is 9. The molecule has 5 nitrogen and oxygen atoms in total. The van der Waals surface area contributed by atoms with Gasteiger partial charge in [-0.2, -0.15) is 47.9 Å². The zero-order chi connectivity index (χ0) is 22.8. The Kier molecular flexibility index (Phi) is 6.88. The fourth-order valence-electron chi connectivity index (χ4n) is 1.91. The van der Waals surface area contributed by atoms with Crippen molar-refractivity contribution in [1.29, 1.82) is 0 Å². The van der Waals surface area contributed by atoms with Crippen LogP contribution in [-0.2, 0) is 32.0 Å². The highest BCUT2D eigenvalue weighted by atomic mass is 32.2. The lowest BCUT2D eigenvalue weighted by Crippen LogP contribution is -2.29. The first kappa shape index (κ1) is 24.6. The van der Waals surface area contributed by atoms with Crippen LogP contribution in [0, 0.1) is 0 Å². The van der Waals surface area contributed by atoms with E-state index in [0.717, 1.165) is 0 Å². The van der Waals surface area contributed by atoms with Crippen molar-refractivity contribution in [3.8, 4) is 5.75 Å². The van der Waals surface area contributed by atoms with Crippen molar-refractivity contribution < 1.29 is 61.6 Å². The zero-order valence-electron chi connectivity index (χ0n) is 13.9. The number of carbonyl (C=O) groups excluding carboxylic acids is 1. The summed E-state index contributed by atoms with van der Waals surface area (Å²) < 4.78 is 146. The van der Waals surface area contributed by atoms with Gasteiger partial charge in [-0.05, 0) is 24.6 Å². The van der Waals surface area contributed by atoms with Gasteiger partial charge in [0.1, 0.15) is 5.56 Å². The molecule has 0 aliphatic heterocycles. The van der Waals surface area contributed by atoms with Gasteiger partial charge in [0.05, 0.1) is 12.2 Å². The van der Waals surface area contributed by atoms with Gasteiger partial charge in [0.25, 0.3) is 0 Å². The fraction of sp³-hybridized carbons (Fsp3) is 0.357. The summed E-state index contributed by atoms with van der Waals surface area (Å²) in [6.45, 7) is 1.13. The lowest BCUT2D eigenvalue weighted by atomic mass is 9.98. The number of hydrogen-bond donors (Lipinski definition) is 0. The summed E-state index contributed by atoms with van der Waals surface area (Å²) in [7, 11) is -6.70. The Morgan fingerprint density at radius 2 is 1.48 bits per heavy atom. The first-order chi connectivity index (χ1) is 12.9. The van der Waals surface area contributed by atoms with E-state index in [4.69, 9.17) is 0 Å². The predicted octanol–water partition coefficient (Wildman–Crippen LogP) is 4.53. The lowest BCUT2D eigenvalue weighted by Gasteiger charge is -2.21. The predicted molar refractivity (Wildman–Crippen MR) is 77.7 cm³/mol. The van der Waals surface area contributed by atoms with E-state index in [1.165, 1.54) is 6.92 Å². The Labute approximate surface area is 156 Å². The summed E-state index contributed by atoms with van der Waals surface area (Å²) in [6.07, 6.45) is -11.2. The second-order valence-corrected chi connectivity index (χ2v) is 6.50. The normalized spacial score (nSPS) is 13.6. The van der Waals surface area contributed by atoms with E-state index in [1.54, 1.807) is 0 Å². The van der Waals surface area contributed by atoms with Crippen LogP contribution >= 0.6 is 0 Å². The third kappa shape index (κ3) is 6.01. The molecule has 0 aromatic heterocycles. The number of carbonyl (C=O) groups is 1. The third-order valence-electron chi connectivity index (χ3n) is 2.93. The van der Waals surface area contributed by atoms with Crippen molar-refractivity contribution in [2.24, 2.45) is 0 Å². The van der Waals surface area contributed by atoms with Gasteiger partial charge in [-0.15, -0.1) is 0 Å². The van der Waals surface area contributed by atoms with E-state index < -0.39 is 56.4 Å². The molecule has 0 saturated carbocycles. The molecule has 1 aromatic carbocycles. The molecule has 0 aliphatic carbocycles. The van der Waals surface area contributed by atoms with Crippen molar-refractivity contribution in [3.05, 3.63) is 34.9 Å².